The van der Waals surface area contributed by atoms with E-state index in [0.717, 1.165) is 12.3 Å². The van der Waals surface area contributed by atoms with E-state index in [4.69, 9.17) is 10.00 Å². The number of carbonyl (C=O) groups excluding carboxylic acids is 1. The van der Waals surface area contributed by atoms with Crippen molar-refractivity contribution in [3.63, 3.8) is 0 Å². The van der Waals surface area contributed by atoms with Gasteiger partial charge in [-0.3, -0.25) is 4.79 Å². The first-order valence-electron chi connectivity index (χ1n) is 10.1. The molecule has 0 unspecified atom stereocenters. The minimum absolute atomic E-state index is 0. The van der Waals surface area contributed by atoms with Gasteiger partial charge in [-0.2, -0.15) is 10.2 Å². The molecule has 0 saturated carbocycles. The zero-order valence-corrected chi connectivity index (χ0v) is 19.4. The average molecular weight is 527 g/mol. The fraction of sp³-hybridized carbons (Fsp3) is 0.182. The molecular formula is C22H21F2N6NaO4S. The van der Waals surface area contributed by atoms with Crippen LogP contribution < -0.4 is 20.1 Å². The summed E-state index contributed by atoms with van der Waals surface area (Å²) in [6.45, 7) is 2.77. The molecule has 3 rings (SSSR count). The third-order valence-corrected chi connectivity index (χ3v) is 6.05. The first-order valence-corrected chi connectivity index (χ1v) is 11.6. The predicted molar refractivity (Wildman–Crippen MR) is 130 cm³/mol. The normalized spacial score (nSPS) is 10.5. The Labute approximate surface area is 228 Å². The molecule has 3 aromatic rings. The molecule has 1 amide bonds. The van der Waals surface area contributed by atoms with Crippen LogP contribution >= 0.6 is 0 Å². The van der Waals surface area contributed by atoms with Crippen LogP contribution in [0.5, 0.6) is 5.75 Å². The van der Waals surface area contributed by atoms with E-state index in [1.54, 1.807) is 19.1 Å². The van der Waals surface area contributed by atoms with Gasteiger partial charge in [-0.25, -0.2) is 26.9 Å². The van der Waals surface area contributed by atoms with Crippen molar-refractivity contribution in [3.05, 3.63) is 59.8 Å². The van der Waals surface area contributed by atoms with Crippen molar-refractivity contribution in [2.24, 2.45) is 0 Å². The van der Waals surface area contributed by atoms with Crippen molar-refractivity contribution < 1.29 is 26.7 Å². The van der Waals surface area contributed by atoms with Crippen molar-refractivity contribution in [3.8, 4) is 11.8 Å². The van der Waals surface area contributed by atoms with Crippen molar-refractivity contribution in [2.75, 3.05) is 17.2 Å². The number of amides is 1. The Bertz CT molecular complexity index is 1420. The van der Waals surface area contributed by atoms with Crippen LogP contribution in [0.15, 0.2) is 47.5 Å². The summed E-state index contributed by atoms with van der Waals surface area (Å²) in [6.07, 6.45) is 0.876. The Morgan fingerprint density at radius 1 is 1.11 bits per heavy atom. The minimum atomic E-state index is -4.10. The predicted octanol–water partition coefficient (Wildman–Crippen LogP) is 3.02. The monoisotopic (exact) mass is 526 g/mol. The number of rotatable bonds is 9. The summed E-state index contributed by atoms with van der Waals surface area (Å²) in [5.74, 6) is -2.72. The average Bonchev–Trinajstić information content (AvgIpc) is 2.81. The van der Waals surface area contributed by atoms with Crippen LogP contribution in [0.2, 0.25) is 0 Å². The van der Waals surface area contributed by atoms with E-state index in [-0.39, 0.29) is 76.4 Å². The number of benzene rings is 2. The first kappa shape index (κ1) is 28.9. The fourth-order valence-corrected chi connectivity index (χ4v) is 4.16. The molecule has 0 aliphatic rings. The first-order chi connectivity index (χ1) is 16.6. The summed E-state index contributed by atoms with van der Waals surface area (Å²) in [7, 11) is -4.10. The Balaban J connectivity index is 0.00000456. The second kappa shape index (κ2) is 12.6. The van der Waals surface area contributed by atoms with Crippen molar-refractivity contribution in [1.82, 2.24) is 14.7 Å². The molecule has 0 fully saturated rings. The summed E-state index contributed by atoms with van der Waals surface area (Å²) in [4.78, 5) is 19.3. The number of nitrogens with zero attached hydrogens (tertiary/aromatic N) is 3. The van der Waals surface area contributed by atoms with E-state index in [0.29, 0.717) is 5.56 Å². The number of carbonyl (C=O) groups is 1. The number of nitrogens with one attached hydrogen (secondary N) is 3. The number of aromatic nitrogens is 2. The molecule has 36 heavy (non-hydrogen) atoms. The maximum atomic E-state index is 14.3. The van der Waals surface area contributed by atoms with E-state index in [1.807, 2.05) is 4.72 Å². The van der Waals surface area contributed by atoms with Crippen LogP contribution in [-0.2, 0) is 14.8 Å². The van der Waals surface area contributed by atoms with Gasteiger partial charge in [-0.05, 0) is 36.8 Å². The van der Waals surface area contributed by atoms with Gasteiger partial charge in [0.15, 0.2) is 29.8 Å². The van der Waals surface area contributed by atoms with E-state index in [2.05, 4.69) is 20.6 Å². The van der Waals surface area contributed by atoms with E-state index in [9.17, 15) is 22.0 Å². The third-order valence-electron chi connectivity index (χ3n) is 4.53. The molecule has 0 spiro atoms. The van der Waals surface area contributed by atoms with E-state index in [1.165, 1.54) is 31.2 Å². The van der Waals surface area contributed by atoms with Gasteiger partial charge in [0.1, 0.15) is 6.07 Å². The van der Waals surface area contributed by atoms with Crippen LogP contribution in [0, 0.1) is 29.9 Å². The molecular weight excluding hydrogens is 505 g/mol. The van der Waals surface area contributed by atoms with Crippen molar-refractivity contribution in [2.45, 2.75) is 25.2 Å². The summed E-state index contributed by atoms with van der Waals surface area (Å²) in [5.41, 5.74) is 0.826. The number of aryl methyl sites for hydroxylation is 1. The van der Waals surface area contributed by atoms with Gasteiger partial charge >= 0.3 is 29.6 Å². The third kappa shape index (κ3) is 7.34. The molecule has 14 heteroatoms. The van der Waals surface area contributed by atoms with Crippen molar-refractivity contribution in [1.29, 1.82) is 5.26 Å². The van der Waals surface area contributed by atoms with E-state index >= 15 is 0 Å². The van der Waals surface area contributed by atoms with Crippen molar-refractivity contribution >= 4 is 68.6 Å². The number of anilines is 4. The molecule has 0 aliphatic carbocycles. The molecule has 0 atom stereocenters. The van der Waals surface area contributed by atoms with Gasteiger partial charge in [0.2, 0.25) is 11.9 Å². The van der Waals surface area contributed by atoms with Crippen LogP contribution in [0.4, 0.5) is 31.9 Å². The summed E-state index contributed by atoms with van der Waals surface area (Å²) >= 11 is 0. The zero-order chi connectivity index (χ0) is 25.6. The Morgan fingerprint density at radius 2 is 1.81 bits per heavy atom. The molecule has 3 N–H and O–H groups in total. The van der Waals surface area contributed by atoms with E-state index < -0.39 is 27.6 Å². The molecule has 10 nitrogen and oxygen atoms in total. The van der Waals surface area contributed by atoms with Gasteiger partial charge in [0.25, 0.3) is 10.0 Å². The standard InChI is InChI=1S/C22H20F2N6O4S.Na.H/c1-3-20(31)30-35(32,33)19-11-15(5-4-13(19)2)28-22-26-12-17(24)21(29-22)27-14-6-7-18(16(23)10-14)34-9-8-25;;/h4-7,10-12H,3,9H2,1-2H3,(H,30,31)(H2,26,27,28,29);;. The van der Waals surface area contributed by atoms with Gasteiger partial charge in [0, 0.05) is 23.9 Å². The van der Waals surface area contributed by atoms with Crippen LogP contribution in [0.25, 0.3) is 0 Å². The number of ether oxygens (including phenoxy) is 1. The topological polar surface area (TPSA) is 146 Å². The molecule has 0 radical (unpaired) electrons. The SMILES string of the molecule is CCC(=O)NS(=O)(=O)c1cc(Nc2ncc(F)c(Nc3ccc(OCC#N)c(F)c3)n2)ccc1C.[NaH]. The zero-order valence-electron chi connectivity index (χ0n) is 18.6. The van der Waals surface area contributed by atoms with Gasteiger partial charge in [-0.1, -0.05) is 13.0 Å². The van der Waals surface area contributed by atoms with Gasteiger partial charge < -0.3 is 15.4 Å². The van der Waals surface area contributed by atoms with Crippen LogP contribution in [0.1, 0.15) is 18.9 Å². The Kier molecular flexibility index (Phi) is 10.1. The summed E-state index contributed by atoms with van der Waals surface area (Å²) < 4.78 is 60.4. The van der Waals surface area contributed by atoms with Gasteiger partial charge in [0.05, 0.1) is 11.1 Å². The van der Waals surface area contributed by atoms with Crippen LogP contribution in [0.3, 0.4) is 0 Å². The summed E-state index contributed by atoms with van der Waals surface area (Å²) in [5, 5.41) is 13.9. The molecule has 184 valence electrons. The second-order valence-electron chi connectivity index (χ2n) is 7.09. The maximum absolute atomic E-state index is 14.3. The number of sulfonamides is 1. The molecule has 0 saturated heterocycles. The van der Waals surface area contributed by atoms with Gasteiger partial charge in [-0.15, -0.1) is 0 Å². The second-order valence-corrected chi connectivity index (χ2v) is 8.75. The quantitative estimate of drug-likeness (QED) is 0.358. The fourth-order valence-electron chi connectivity index (χ4n) is 2.83. The molecule has 2 aromatic carbocycles. The molecule has 0 bridgehead atoms. The number of nitriles is 1. The number of hydrogen-bond donors (Lipinski definition) is 3. The molecule has 0 aliphatic heterocycles. The number of halogens is 2. The molecule has 1 heterocycles. The Morgan fingerprint density at radius 3 is 2.47 bits per heavy atom. The Hall–Kier alpha value is -3.31. The summed E-state index contributed by atoms with van der Waals surface area (Å²) in [6, 6.07) is 9.83. The molecule has 1 aromatic heterocycles. The van der Waals surface area contributed by atoms with Crippen LogP contribution in [-0.4, -0.2) is 60.5 Å². The number of hydrogen-bond acceptors (Lipinski definition) is 9.